The van der Waals surface area contributed by atoms with E-state index in [0.29, 0.717) is 6.54 Å². The molecule has 0 amide bonds. The van der Waals surface area contributed by atoms with E-state index in [2.05, 4.69) is 10.4 Å². The maximum Gasteiger partial charge on any atom is 0.0824 e. The molecule has 1 aromatic heterocycles. The topological polar surface area (TPSA) is 50.1 Å². The minimum Gasteiger partial charge on any atom is -0.392 e. The molecular weight excluding hydrogens is 154 g/mol. The van der Waals surface area contributed by atoms with Crippen molar-refractivity contribution in [2.24, 2.45) is 7.05 Å². The van der Waals surface area contributed by atoms with Gasteiger partial charge in [0.2, 0.25) is 0 Å². The third-order valence-corrected chi connectivity index (χ3v) is 1.60. The molecule has 0 aliphatic rings. The number of nitrogens with one attached hydrogen (secondary N) is 1. The van der Waals surface area contributed by atoms with E-state index in [1.165, 1.54) is 0 Å². The zero-order chi connectivity index (χ0) is 9.14. The van der Waals surface area contributed by atoms with E-state index in [-0.39, 0.29) is 6.10 Å². The first-order valence-electron chi connectivity index (χ1n) is 4.02. The summed E-state index contributed by atoms with van der Waals surface area (Å²) in [5.41, 5.74) is 1.94. The van der Waals surface area contributed by atoms with Gasteiger partial charge in [-0.05, 0) is 13.8 Å². The van der Waals surface area contributed by atoms with Crippen LogP contribution in [0.4, 0.5) is 5.69 Å². The molecule has 0 fully saturated rings. The molecule has 0 saturated carbocycles. The average Bonchev–Trinajstić information content (AvgIpc) is 2.26. The molecule has 0 aliphatic carbocycles. The van der Waals surface area contributed by atoms with Gasteiger partial charge in [0.05, 0.1) is 17.5 Å². The third kappa shape index (κ3) is 2.23. The molecule has 4 nitrogen and oxygen atoms in total. The van der Waals surface area contributed by atoms with Crippen LogP contribution in [0.25, 0.3) is 0 Å². The Morgan fingerprint density at radius 1 is 1.75 bits per heavy atom. The quantitative estimate of drug-likeness (QED) is 0.693. The van der Waals surface area contributed by atoms with Crippen molar-refractivity contribution in [2.75, 3.05) is 11.9 Å². The van der Waals surface area contributed by atoms with Crippen LogP contribution in [0.1, 0.15) is 12.6 Å². The largest absolute Gasteiger partial charge is 0.392 e. The van der Waals surface area contributed by atoms with E-state index in [1.807, 2.05) is 20.2 Å². The predicted molar refractivity (Wildman–Crippen MR) is 48.1 cm³/mol. The predicted octanol–water partition coefficient (Wildman–Crippen LogP) is 0.521. The highest BCUT2D eigenvalue weighted by molar-refractivity contribution is 5.45. The van der Waals surface area contributed by atoms with E-state index in [0.717, 1.165) is 11.4 Å². The Bertz CT molecular complexity index is 255. The highest BCUT2D eigenvalue weighted by atomic mass is 16.3. The second-order valence-corrected chi connectivity index (χ2v) is 3.03. The summed E-state index contributed by atoms with van der Waals surface area (Å²) < 4.78 is 1.75. The summed E-state index contributed by atoms with van der Waals surface area (Å²) in [4.78, 5) is 0. The Labute approximate surface area is 72.2 Å². The molecule has 0 radical (unpaired) electrons. The summed E-state index contributed by atoms with van der Waals surface area (Å²) in [5.74, 6) is 0. The fraction of sp³-hybridized carbons (Fsp3) is 0.625. The van der Waals surface area contributed by atoms with Crippen LogP contribution in [-0.4, -0.2) is 27.5 Å². The van der Waals surface area contributed by atoms with Crippen LogP contribution in [0.15, 0.2) is 6.20 Å². The number of aliphatic hydroxyl groups excluding tert-OH is 1. The second-order valence-electron chi connectivity index (χ2n) is 3.03. The molecule has 68 valence electrons. The molecule has 4 heteroatoms. The SMILES string of the molecule is Cc1nn(C)cc1NC[C@@H](C)O. The number of aliphatic hydroxyl groups is 1. The Kier molecular flexibility index (Phi) is 2.70. The van der Waals surface area contributed by atoms with Crippen molar-refractivity contribution in [3.8, 4) is 0 Å². The first kappa shape index (κ1) is 9.06. The molecule has 0 saturated heterocycles. The van der Waals surface area contributed by atoms with E-state index in [9.17, 15) is 0 Å². The van der Waals surface area contributed by atoms with Gasteiger partial charge in [-0.2, -0.15) is 5.10 Å². The molecule has 0 bridgehead atoms. The smallest absolute Gasteiger partial charge is 0.0824 e. The summed E-state index contributed by atoms with van der Waals surface area (Å²) >= 11 is 0. The molecular formula is C8H15N3O. The van der Waals surface area contributed by atoms with E-state index in [4.69, 9.17) is 5.11 Å². The Hall–Kier alpha value is -1.03. The van der Waals surface area contributed by atoms with Crippen molar-refractivity contribution in [2.45, 2.75) is 20.0 Å². The van der Waals surface area contributed by atoms with Gasteiger partial charge in [-0.25, -0.2) is 0 Å². The van der Waals surface area contributed by atoms with Gasteiger partial charge < -0.3 is 10.4 Å². The molecule has 1 rings (SSSR count). The summed E-state index contributed by atoms with van der Waals surface area (Å²) in [5, 5.41) is 16.3. The second kappa shape index (κ2) is 3.58. The zero-order valence-electron chi connectivity index (χ0n) is 7.70. The number of hydrogen-bond donors (Lipinski definition) is 2. The Morgan fingerprint density at radius 2 is 2.42 bits per heavy atom. The summed E-state index contributed by atoms with van der Waals surface area (Å²) in [6.45, 7) is 4.25. The Balaban J connectivity index is 2.57. The molecule has 1 heterocycles. The van der Waals surface area contributed by atoms with Gasteiger partial charge in [0.15, 0.2) is 0 Å². The van der Waals surface area contributed by atoms with E-state index >= 15 is 0 Å². The zero-order valence-corrected chi connectivity index (χ0v) is 7.70. The first-order chi connectivity index (χ1) is 5.59. The van der Waals surface area contributed by atoms with Crippen LogP contribution in [0.5, 0.6) is 0 Å². The standard InChI is InChI=1S/C8H15N3O/c1-6(12)4-9-8-5-11(3)10-7(8)2/h5-6,9,12H,4H2,1-3H3/t6-/m1/s1. The van der Waals surface area contributed by atoms with E-state index in [1.54, 1.807) is 11.6 Å². The van der Waals surface area contributed by atoms with Gasteiger partial charge in [-0.15, -0.1) is 0 Å². The Morgan fingerprint density at radius 3 is 2.83 bits per heavy atom. The van der Waals surface area contributed by atoms with Crippen molar-refractivity contribution in [1.29, 1.82) is 0 Å². The lowest BCUT2D eigenvalue weighted by Crippen LogP contribution is -2.15. The summed E-state index contributed by atoms with van der Waals surface area (Å²) in [7, 11) is 1.88. The van der Waals surface area contributed by atoms with E-state index < -0.39 is 0 Å². The lowest BCUT2D eigenvalue weighted by molar-refractivity contribution is 0.208. The van der Waals surface area contributed by atoms with Crippen molar-refractivity contribution in [1.82, 2.24) is 9.78 Å². The lowest BCUT2D eigenvalue weighted by Gasteiger charge is -2.05. The van der Waals surface area contributed by atoms with Gasteiger partial charge in [0, 0.05) is 19.8 Å². The van der Waals surface area contributed by atoms with Crippen molar-refractivity contribution in [3.05, 3.63) is 11.9 Å². The molecule has 0 aliphatic heterocycles. The fourth-order valence-corrected chi connectivity index (χ4v) is 1.03. The molecule has 0 spiro atoms. The maximum atomic E-state index is 9.02. The number of aryl methyl sites for hydroxylation is 2. The number of rotatable bonds is 3. The first-order valence-corrected chi connectivity index (χ1v) is 4.02. The van der Waals surface area contributed by atoms with Gasteiger partial charge in [0.1, 0.15) is 0 Å². The van der Waals surface area contributed by atoms with Crippen LogP contribution in [0.3, 0.4) is 0 Å². The summed E-state index contributed by atoms with van der Waals surface area (Å²) in [6.07, 6.45) is 1.57. The van der Waals surface area contributed by atoms with Crippen LogP contribution >= 0.6 is 0 Å². The minimum atomic E-state index is -0.329. The van der Waals surface area contributed by atoms with Gasteiger partial charge >= 0.3 is 0 Å². The minimum absolute atomic E-state index is 0.329. The summed E-state index contributed by atoms with van der Waals surface area (Å²) in [6, 6.07) is 0. The van der Waals surface area contributed by atoms with Crippen molar-refractivity contribution >= 4 is 5.69 Å². The fourth-order valence-electron chi connectivity index (χ4n) is 1.03. The van der Waals surface area contributed by atoms with Gasteiger partial charge in [-0.1, -0.05) is 0 Å². The number of nitrogens with zero attached hydrogens (tertiary/aromatic N) is 2. The van der Waals surface area contributed by atoms with Crippen molar-refractivity contribution in [3.63, 3.8) is 0 Å². The number of anilines is 1. The van der Waals surface area contributed by atoms with Crippen LogP contribution < -0.4 is 5.32 Å². The molecule has 1 atom stereocenters. The molecule has 2 N–H and O–H groups in total. The van der Waals surface area contributed by atoms with Gasteiger partial charge in [0.25, 0.3) is 0 Å². The lowest BCUT2D eigenvalue weighted by atomic mass is 10.3. The van der Waals surface area contributed by atoms with Crippen LogP contribution in [0.2, 0.25) is 0 Å². The van der Waals surface area contributed by atoms with Gasteiger partial charge in [-0.3, -0.25) is 4.68 Å². The highest BCUT2D eigenvalue weighted by Gasteiger charge is 2.02. The number of aromatic nitrogens is 2. The average molecular weight is 169 g/mol. The normalized spacial score (nSPS) is 13.0. The highest BCUT2D eigenvalue weighted by Crippen LogP contribution is 2.10. The van der Waals surface area contributed by atoms with Crippen molar-refractivity contribution < 1.29 is 5.11 Å². The van der Waals surface area contributed by atoms with Crippen LogP contribution in [-0.2, 0) is 7.05 Å². The molecule has 12 heavy (non-hydrogen) atoms. The maximum absolute atomic E-state index is 9.02. The molecule has 0 aromatic carbocycles. The molecule has 1 aromatic rings. The monoisotopic (exact) mass is 169 g/mol. The molecule has 0 unspecified atom stereocenters. The number of hydrogen-bond acceptors (Lipinski definition) is 3. The van der Waals surface area contributed by atoms with Crippen LogP contribution in [0, 0.1) is 6.92 Å². The third-order valence-electron chi connectivity index (χ3n) is 1.60.